The molecule has 0 aliphatic rings. The first kappa shape index (κ1) is 18.1. The second-order valence-corrected chi connectivity index (χ2v) is 7.52. The molecule has 0 bridgehead atoms. The lowest BCUT2D eigenvalue weighted by atomic mass is 10.1. The third-order valence-electron chi connectivity index (χ3n) is 3.38. The van der Waals surface area contributed by atoms with Crippen LogP contribution in [0.4, 0.5) is 4.39 Å². The lowest BCUT2D eigenvalue weighted by Gasteiger charge is -2.12. The van der Waals surface area contributed by atoms with Crippen molar-refractivity contribution in [2.75, 3.05) is 6.54 Å². The van der Waals surface area contributed by atoms with E-state index in [4.69, 9.17) is 0 Å². The summed E-state index contributed by atoms with van der Waals surface area (Å²) in [6.07, 6.45) is 0.831. The Hall–Kier alpha value is -2.21. The highest BCUT2D eigenvalue weighted by Gasteiger charge is 2.17. The zero-order valence-corrected chi connectivity index (χ0v) is 14.6. The van der Waals surface area contributed by atoms with Gasteiger partial charge >= 0.3 is 0 Å². The molecular weight excluding hydrogens is 327 g/mol. The van der Waals surface area contributed by atoms with E-state index in [1.165, 1.54) is 36.4 Å². The number of hydrogen-bond acceptors (Lipinski definition) is 3. The largest absolute Gasteiger partial charge is 0.267 e. The molecule has 0 amide bonds. The third kappa shape index (κ3) is 5.16. The fraction of sp³-hybridized carbons (Fsp3) is 0.278. The minimum absolute atomic E-state index is 0.156. The molecule has 0 unspecified atom stereocenters. The number of halogens is 1. The number of benzene rings is 2. The van der Waals surface area contributed by atoms with Gasteiger partial charge in [-0.15, -0.1) is 0 Å². The highest BCUT2D eigenvalue weighted by atomic mass is 32.2. The number of nitrogens with one attached hydrogen (secondary N) is 1. The molecule has 0 aromatic heterocycles. The Morgan fingerprint density at radius 1 is 1.08 bits per heavy atom. The summed E-state index contributed by atoms with van der Waals surface area (Å²) in [5.41, 5.74) is 0.527. The van der Waals surface area contributed by atoms with Crippen molar-refractivity contribution in [1.82, 2.24) is 4.72 Å². The molecule has 0 saturated carbocycles. The molecule has 6 heteroatoms. The topological polar surface area (TPSA) is 58.5 Å². The fourth-order valence-corrected chi connectivity index (χ4v) is 3.08. The summed E-state index contributed by atoms with van der Waals surface area (Å²) in [6, 6.07) is 13.7. The summed E-state index contributed by atoms with van der Waals surface area (Å²) in [5.74, 6) is 0.291. The maximum Gasteiger partial charge on any atom is 0.263 e. The molecule has 0 spiro atoms. The van der Waals surface area contributed by atoms with E-state index in [2.05, 4.69) is 23.6 Å². The molecule has 2 aromatic rings. The Kier molecular flexibility index (Phi) is 6.09. The van der Waals surface area contributed by atoms with Crippen LogP contribution in [0.5, 0.6) is 0 Å². The standard InChI is InChI=1S/C18H21FN2O2S/c1-14(2)12-13-20-18(15-8-10-16(19)11-9-15)21-24(22,23)17-6-4-3-5-7-17/h3-11,14H,12-13H2,1-2H3,(H,20,21). The van der Waals surface area contributed by atoms with Crippen molar-refractivity contribution in [1.29, 1.82) is 0 Å². The Balaban J connectivity index is 2.30. The first-order valence-electron chi connectivity index (χ1n) is 7.77. The molecule has 0 atom stereocenters. The van der Waals surface area contributed by atoms with Crippen molar-refractivity contribution in [3.8, 4) is 0 Å². The SMILES string of the molecule is CC(C)CCN=C(NS(=O)(=O)c1ccccc1)c1ccc(F)cc1. The molecule has 1 N–H and O–H groups in total. The maximum absolute atomic E-state index is 13.1. The van der Waals surface area contributed by atoms with Gasteiger partial charge in [0.2, 0.25) is 0 Å². The van der Waals surface area contributed by atoms with Gasteiger partial charge in [-0.1, -0.05) is 32.0 Å². The Morgan fingerprint density at radius 2 is 1.71 bits per heavy atom. The van der Waals surface area contributed by atoms with Gasteiger partial charge in [0.05, 0.1) is 4.90 Å². The van der Waals surface area contributed by atoms with Gasteiger partial charge in [0.25, 0.3) is 10.0 Å². The van der Waals surface area contributed by atoms with E-state index in [0.717, 1.165) is 6.42 Å². The Labute approximate surface area is 142 Å². The predicted octanol–water partition coefficient (Wildman–Crippen LogP) is 3.60. The van der Waals surface area contributed by atoms with Crippen LogP contribution in [0.1, 0.15) is 25.8 Å². The molecule has 0 aliphatic carbocycles. The zero-order chi connectivity index (χ0) is 17.6. The van der Waals surface area contributed by atoms with Crippen molar-refractivity contribution in [3.05, 3.63) is 66.0 Å². The Morgan fingerprint density at radius 3 is 2.29 bits per heavy atom. The van der Waals surface area contributed by atoms with Crippen molar-refractivity contribution >= 4 is 15.9 Å². The molecule has 0 heterocycles. The van der Waals surface area contributed by atoms with E-state index in [9.17, 15) is 12.8 Å². The Bertz CT molecular complexity index is 786. The van der Waals surface area contributed by atoms with Crippen LogP contribution in [0, 0.1) is 11.7 Å². The minimum atomic E-state index is -3.74. The summed E-state index contributed by atoms with van der Waals surface area (Å²) in [4.78, 5) is 4.53. The average molecular weight is 348 g/mol. The monoisotopic (exact) mass is 348 g/mol. The number of hydrogen-bond donors (Lipinski definition) is 1. The summed E-state index contributed by atoms with van der Waals surface area (Å²) >= 11 is 0. The van der Waals surface area contributed by atoms with Gasteiger partial charge in [0.15, 0.2) is 0 Å². The highest BCUT2D eigenvalue weighted by Crippen LogP contribution is 2.11. The molecule has 0 radical (unpaired) electrons. The molecule has 2 aromatic carbocycles. The van der Waals surface area contributed by atoms with Gasteiger partial charge in [-0.05, 0) is 48.7 Å². The van der Waals surface area contributed by atoms with Crippen LogP contribution in [0.15, 0.2) is 64.5 Å². The number of sulfonamides is 1. The second-order valence-electron chi connectivity index (χ2n) is 5.84. The zero-order valence-electron chi connectivity index (χ0n) is 13.7. The van der Waals surface area contributed by atoms with Crippen LogP contribution in [0.3, 0.4) is 0 Å². The van der Waals surface area contributed by atoms with E-state index >= 15 is 0 Å². The smallest absolute Gasteiger partial charge is 0.263 e. The van der Waals surface area contributed by atoms with Crippen LogP contribution in [-0.2, 0) is 10.0 Å². The first-order valence-corrected chi connectivity index (χ1v) is 9.25. The molecule has 128 valence electrons. The number of aliphatic imine (C=N–C) groups is 1. The molecule has 4 nitrogen and oxygen atoms in total. The molecule has 24 heavy (non-hydrogen) atoms. The molecule has 2 rings (SSSR count). The third-order valence-corrected chi connectivity index (χ3v) is 4.73. The summed E-state index contributed by atoms with van der Waals surface area (Å²) in [5, 5.41) is 0. The van der Waals surface area contributed by atoms with Crippen LogP contribution in [0.2, 0.25) is 0 Å². The lowest BCUT2D eigenvalue weighted by molar-refractivity contribution is 0.590. The van der Waals surface area contributed by atoms with Gasteiger partial charge < -0.3 is 0 Å². The fourth-order valence-electron chi connectivity index (χ4n) is 2.01. The van der Waals surface area contributed by atoms with Crippen LogP contribution < -0.4 is 4.72 Å². The highest BCUT2D eigenvalue weighted by molar-refractivity contribution is 7.90. The molecular formula is C18H21FN2O2S. The van der Waals surface area contributed by atoms with Crippen molar-refractivity contribution < 1.29 is 12.8 Å². The lowest BCUT2D eigenvalue weighted by Crippen LogP contribution is -2.31. The van der Waals surface area contributed by atoms with Gasteiger partial charge in [-0.25, -0.2) is 12.8 Å². The number of rotatable bonds is 6. The minimum Gasteiger partial charge on any atom is -0.267 e. The van der Waals surface area contributed by atoms with Gasteiger partial charge in [-0.2, -0.15) is 0 Å². The van der Waals surface area contributed by atoms with Crippen molar-refractivity contribution in [2.24, 2.45) is 10.9 Å². The second kappa shape index (κ2) is 8.06. The first-order chi connectivity index (χ1) is 11.4. The summed E-state index contributed by atoms with van der Waals surface area (Å²) in [7, 11) is -3.74. The van der Waals surface area contributed by atoms with Crippen molar-refractivity contribution in [3.63, 3.8) is 0 Å². The van der Waals surface area contributed by atoms with Crippen molar-refractivity contribution in [2.45, 2.75) is 25.2 Å². The summed E-state index contributed by atoms with van der Waals surface area (Å²) < 4.78 is 40.7. The average Bonchev–Trinajstić information content (AvgIpc) is 2.55. The van der Waals surface area contributed by atoms with E-state index in [-0.39, 0.29) is 16.5 Å². The van der Waals surface area contributed by atoms with E-state index in [0.29, 0.717) is 18.0 Å². The van der Waals surface area contributed by atoms with E-state index < -0.39 is 10.0 Å². The van der Waals surface area contributed by atoms with Gasteiger partial charge in [0.1, 0.15) is 11.7 Å². The number of nitrogens with zero attached hydrogens (tertiary/aromatic N) is 1. The normalized spacial score (nSPS) is 12.4. The molecule has 0 fully saturated rings. The molecule has 0 aliphatic heterocycles. The van der Waals surface area contributed by atoms with E-state index in [1.807, 2.05) is 0 Å². The number of amidine groups is 1. The van der Waals surface area contributed by atoms with E-state index in [1.54, 1.807) is 18.2 Å². The van der Waals surface area contributed by atoms with Gasteiger partial charge in [-0.3, -0.25) is 9.71 Å². The summed E-state index contributed by atoms with van der Waals surface area (Å²) in [6.45, 7) is 4.63. The van der Waals surface area contributed by atoms with Crippen LogP contribution in [-0.4, -0.2) is 20.8 Å². The maximum atomic E-state index is 13.1. The predicted molar refractivity (Wildman–Crippen MR) is 94.0 cm³/mol. The molecule has 0 saturated heterocycles. The van der Waals surface area contributed by atoms with Crippen LogP contribution >= 0.6 is 0 Å². The quantitative estimate of drug-likeness (QED) is 0.640. The van der Waals surface area contributed by atoms with Crippen LogP contribution in [0.25, 0.3) is 0 Å². The van der Waals surface area contributed by atoms with Gasteiger partial charge in [0, 0.05) is 12.1 Å².